The second kappa shape index (κ2) is 5.31. The highest BCUT2D eigenvalue weighted by Crippen LogP contribution is 2.09. The molecule has 0 atom stereocenters. The SMILES string of the molecule is CCn1nc(C)cc1CN1CCCNCC1=O. The predicted octanol–water partition coefficient (Wildman–Crippen LogP) is 0.533. The van der Waals surface area contributed by atoms with Crippen LogP contribution in [0.4, 0.5) is 0 Å². The van der Waals surface area contributed by atoms with Crippen molar-refractivity contribution in [3.05, 3.63) is 17.5 Å². The van der Waals surface area contributed by atoms with Gasteiger partial charge in [-0.1, -0.05) is 0 Å². The number of rotatable bonds is 3. The molecule has 1 aliphatic heterocycles. The third-order valence-electron chi connectivity index (χ3n) is 3.05. The quantitative estimate of drug-likeness (QED) is 0.833. The van der Waals surface area contributed by atoms with Gasteiger partial charge >= 0.3 is 0 Å². The van der Waals surface area contributed by atoms with Crippen LogP contribution >= 0.6 is 0 Å². The minimum Gasteiger partial charge on any atom is -0.336 e. The number of aryl methyl sites for hydroxylation is 2. The highest BCUT2D eigenvalue weighted by atomic mass is 16.2. The smallest absolute Gasteiger partial charge is 0.236 e. The van der Waals surface area contributed by atoms with Crippen molar-refractivity contribution < 1.29 is 4.79 Å². The van der Waals surface area contributed by atoms with E-state index in [0.29, 0.717) is 13.1 Å². The average molecular weight is 236 g/mol. The minimum absolute atomic E-state index is 0.184. The van der Waals surface area contributed by atoms with Crippen molar-refractivity contribution in [3.8, 4) is 0 Å². The number of carbonyl (C=O) groups is 1. The fourth-order valence-corrected chi connectivity index (χ4v) is 2.19. The maximum absolute atomic E-state index is 11.9. The Bertz CT molecular complexity index is 399. The minimum atomic E-state index is 0.184. The Hall–Kier alpha value is -1.36. The molecule has 1 N–H and O–H groups in total. The Labute approximate surface area is 102 Å². The standard InChI is InChI=1S/C12H20N4O/c1-3-16-11(7-10(2)14-16)9-15-6-4-5-13-8-12(15)17/h7,13H,3-6,8-9H2,1-2H3. The number of amides is 1. The van der Waals surface area contributed by atoms with Crippen molar-refractivity contribution in [1.29, 1.82) is 0 Å². The molecule has 0 saturated carbocycles. The van der Waals surface area contributed by atoms with Gasteiger partial charge in [-0.05, 0) is 32.9 Å². The van der Waals surface area contributed by atoms with E-state index < -0.39 is 0 Å². The van der Waals surface area contributed by atoms with E-state index in [1.807, 2.05) is 16.5 Å². The van der Waals surface area contributed by atoms with Gasteiger partial charge in [0.1, 0.15) is 0 Å². The molecule has 2 rings (SSSR count). The van der Waals surface area contributed by atoms with Crippen LogP contribution in [-0.2, 0) is 17.9 Å². The molecule has 0 aliphatic carbocycles. The predicted molar refractivity (Wildman–Crippen MR) is 65.5 cm³/mol. The topological polar surface area (TPSA) is 50.2 Å². The largest absolute Gasteiger partial charge is 0.336 e. The van der Waals surface area contributed by atoms with Crippen LogP contribution in [0.1, 0.15) is 24.7 Å². The van der Waals surface area contributed by atoms with Gasteiger partial charge < -0.3 is 10.2 Å². The monoisotopic (exact) mass is 236 g/mol. The summed E-state index contributed by atoms with van der Waals surface area (Å²) in [6, 6.07) is 2.06. The number of nitrogens with zero attached hydrogens (tertiary/aromatic N) is 3. The maximum atomic E-state index is 11.9. The molecule has 17 heavy (non-hydrogen) atoms. The van der Waals surface area contributed by atoms with E-state index >= 15 is 0 Å². The molecule has 1 aromatic rings. The zero-order valence-corrected chi connectivity index (χ0v) is 10.6. The van der Waals surface area contributed by atoms with Crippen molar-refractivity contribution in [1.82, 2.24) is 20.0 Å². The number of carbonyl (C=O) groups excluding carboxylic acids is 1. The number of nitrogens with one attached hydrogen (secondary N) is 1. The third kappa shape index (κ3) is 2.85. The molecule has 2 heterocycles. The van der Waals surface area contributed by atoms with Gasteiger partial charge in [-0.2, -0.15) is 5.10 Å². The van der Waals surface area contributed by atoms with Gasteiger partial charge in [0.2, 0.25) is 5.91 Å². The van der Waals surface area contributed by atoms with Gasteiger partial charge in [-0.25, -0.2) is 0 Å². The van der Waals surface area contributed by atoms with Crippen LogP contribution in [0.15, 0.2) is 6.07 Å². The fourth-order valence-electron chi connectivity index (χ4n) is 2.19. The second-order valence-electron chi connectivity index (χ2n) is 4.44. The highest BCUT2D eigenvalue weighted by Gasteiger charge is 2.18. The fraction of sp³-hybridized carbons (Fsp3) is 0.667. The molecule has 0 aromatic carbocycles. The lowest BCUT2D eigenvalue weighted by Gasteiger charge is -2.20. The molecule has 1 saturated heterocycles. The summed E-state index contributed by atoms with van der Waals surface area (Å²) in [5.74, 6) is 0.184. The van der Waals surface area contributed by atoms with Crippen molar-refractivity contribution in [2.75, 3.05) is 19.6 Å². The van der Waals surface area contributed by atoms with E-state index in [1.54, 1.807) is 0 Å². The second-order valence-corrected chi connectivity index (χ2v) is 4.44. The molecule has 0 radical (unpaired) electrons. The lowest BCUT2D eigenvalue weighted by molar-refractivity contribution is -0.130. The van der Waals surface area contributed by atoms with Crippen molar-refractivity contribution in [2.24, 2.45) is 0 Å². The average Bonchev–Trinajstić information content (AvgIpc) is 2.54. The van der Waals surface area contributed by atoms with E-state index in [9.17, 15) is 4.79 Å². The summed E-state index contributed by atoms with van der Waals surface area (Å²) in [5.41, 5.74) is 2.14. The van der Waals surface area contributed by atoms with Gasteiger partial charge in [0, 0.05) is 13.1 Å². The lowest BCUT2D eigenvalue weighted by atomic mass is 10.3. The van der Waals surface area contributed by atoms with Crippen molar-refractivity contribution in [3.63, 3.8) is 0 Å². The third-order valence-corrected chi connectivity index (χ3v) is 3.05. The van der Waals surface area contributed by atoms with Crippen LogP contribution in [0.2, 0.25) is 0 Å². The number of hydrogen-bond acceptors (Lipinski definition) is 3. The van der Waals surface area contributed by atoms with Gasteiger partial charge in [0.05, 0.1) is 24.5 Å². The van der Waals surface area contributed by atoms with Crippen molar-refractivity contribution in [2.45, 2.75) is 33.4 Å². The molecule has 1 amide bonds. The molecule has 5 nitrogen and oxygen atoms in total. The Morgan fingerprint density at radius 3 is 3.12 bits per heavy atom. The molecule has 1 aromatic heterocycles. The summed E-state index contributed by atoms with van der Waals surface area (Å²) in [6.07, 6.45) is 1.02. The van der Waals surface area contributed by atoms with Crippen LogP contribution in [-0.4, -0.2) is 40.2 Å². The molecule has 1 fully saturated rings. The molecule has 1 aliphatic rings. The zero-order chi connectivity index (χ0) is 12.3. The normalized spacial score (nSPS) is 17.3. The van der Waals surface area contributed by atoms with E-state index in [1.165, 1.54) is 0 Å². The van der Waals surface area contributed by atoms with E-state index in [-0.39, 0.29) is 5.91 Å². The van der Waals surface area contributed by atoms with E-state index in [4.69, 9.17) is 0 Å². The highest BCUT2D eigenvalue weighted by molar-refractivity contribution is 5.78. The first-order chi connectivity index (χ1) is 8.20. The Morgan fingerprint density at radius 1 is 1.53 bits per heavy atom. The van der Waals surface area contributed by atoms with Crippen LogP contribution in [0.3, 0.4) is 0 Å². The van der Waals surface area contributed by atoms with Crippen molar-refractivity contribution >= 4 is 5.91 Å². The van der Waals surface area contributed by atoms with Gasteiger partial charge in [-0.3, -0.25) is 9.48 Å². The zero-order valence-electron chi connectivity index (χ0n) is 10.6. The van der Waals surface area contributed by atoms with Crippen LogP contribution < -0.4 is 5.32 Å². The lowest BCUT2D eigenvalue weighted by Crippen LogP contribution is -2.34. The molecule has 0 bridgehead atoms. The summed E-state index contributed by atoms with van der Waals surface area (Å²) in [6.45, 7) is 7.80. The first kappa shape index (κ1) is 12.1. The van der Waals surface area contributed by atoms with E-state index in [2.05, 4.69) is 23.4 Å². The van der Waals surface area contributed by atoms with Crippen LogP contribution in [0.5, 0.6) is 0 Å². The van der Waals surface area contributed by atoms with Crippen LogP contribution in [0.25, 0.3) is 0 Å². The maximum Gasteiger partial charge on any atom is 0.236 e. The molecule has 0 unspecified atom stereocenters. The summed E-state index contributed by atoms with van der Waals surface area (Å²) >= 11 is 0. The Balaban J connectivity index is 2.10. The molecular formula is C12H20N4O. The van der Waals surface area contributed by atoms with E-state index in [0.717, 1.165) is 37.4 Å². The van der Waals surface area contributed by atoms with Crippen LogP contribution in [0, 0.1) is 6.92 Å². The molecule has 0 spiro atoms. The molecule has 5 heteroatoms. The summed E-state index contributed by atoms with van der Waals surface area (Å²) < 4.78 is 1.97. The number of aromatic nitrogens is 2. The first-order valence-electron chi connectivity index (χ1n) is 6.22. The summed E-state index contributed by atoms with van der Waals surface area (Å²) in [5, 5.41) is 7.54. The van der Waals surface area contributed by atoms with Gasteiger partial charge in [0.15, 0.2) is 0 Å². The summed E-state index contributed by atoms with van der Waals surface area (Å²) in [4.78, 5) is 13.8. The Kier molecular flexibility index (Phi) is 3.78. The number of hydrogen-bond donors (Lipinski definition) is 1. The molecule has 94 valence electrons. The van der Waals surface area contributed by atoms with Gasteiger partial charge in [-0.15, -0.1) is 0 Å². The first-order valence-corrected chi connectivity index (χ1v) is 6.22. The van der Waals surface area contributed by atoms with Gasteiger partial charge in [0.25, 0.3) is 0 Å². The Morgan fingerprint density at radius 2 is 2.35 bits per heavy atom. The summed E-state index contributed by atoms with van der Waals surface area (Å²) in [7, 11) is 0. The molecular weight excluding hydrogens is 216 g/mol.